The summed E-state index contributed by atoms with van der Waals surface area (Å²) in [5.74, 6) is -4.24. The number of nitrogens with zero attached hydrogens (tertiary/aromatic N) is 4. The number of hydrogen-bond acceptors (Lipinski definition) is 11. The van der Waals surface area contributed by atoms with E-state index in [9.17, 15) is 29.1 Å². The molecule has 14 nitrogen and oxygen atoms in total. The van der Waals surface area contributed by atoms with Gasteiger partial charge in [-0.1, -0.05) is 5.16 Å². The van der Waals surface area contributed by atoms with E-state index in [1.807, 2.05) is 0 Å². The first-order valence-electron chi connectivity index (χ1n) is 10.4. The van der Waals surface area contributed by atoms with Crippen molar-refractivity contribution in [1.82, 2.24) is 20.1 Å². The third-order valence-corrected chi connectivity index (χ3v) is 7.51. The first-order valence-corrected chi connectivity index (χ1v) is 12.3. The summed E-state index contributed by atoms with van der Waals surface area (Å²) in [7, 11) is 1.24. The summed E-state index contributed by atoms with van der Waals surface area (Å²) in [6.45, 7) is -0.249. The summed E-state index contributed by atoms with van der Waals surface area (Å²) in [5.41, 5.74) is 5.82. The number of rotatable bonds is 8. The van der Waals surface area contributed by atoms with E-state index in [2.05, 4.69) is 15.5 Å². The molecule has 5 N–H and O–H groups in total. The van der Waals surface area contributed by atoms with Gasteiger partial charge in [-0.15, -0.1) is 23.1 Å². The number of carbonyl (C=O) groups is 5. The van der Waals surface area contributed by atoms with Gasteiger partial charge >= 0.3 is 11.9 Å². The fraction of sp³-hybridized carbons (Fsp3) is 0.350. The van der Waals surface area contributed by atoms with E-state index in [0.717, 1.165) is 21.1 Å². The Morgan fingerprint density at radius 2 is 2.11 bits per heavy atom. The molecule has 4 rings (SSSR count). The number of carboxylic acid groups (broad SMARTS) is 2. The largest absolute Gasteiger partial charge is 0.480 e. The third-order valence-electron chi connectivity index (χ3n) is 5.54. The number of β-lactam (4-membered cyclic amide) rings is 1. The molecule has 4 heterocycles. The highest BCUT2D eigenvalue weighted by molar-refractivity contribution is 8.00. The van der Waals surface area contributed by atoms with Gasteiger partial charge in [0.05, 0.1) is 0 Å². The summed E-state index contributed by atoms with van der Waals surface area (Å²) in [6, 6.07) is -1.02. The highest BCUT2D eigenvalue weighted by Gasteiger charge is 2.54. The summed E-state index contributed by atoms with van der Waals surface area (Å²) >= 11 is 2.31. The lowest BCUT2D eigenvalue weighted by atomic mass is 10.0. The molecule has 2 saturated heterocycles. The Kier molecular flexibility index (Phi) is 6.98. The van der Waals surface area contributed by atoms with Gasteiger partial charge in [0.2, 0.25) is 5.91 Å². The van der Waals surface area contributed by atoms with Crippen molar-refractivity contribution in [2.75, 3.05) is 31.7 Å². The third kappa shape index (κ3) is 4.64. The predicted octanol–water partition coefficient (Wildman–Crippen LogP) is -0.942. The van der Waals surface area contributed by atoms with E-state index in [4.69, 9.17) is 15.7 Å². The second kappa shape index (κ2) is 9.98. The molecular weight excluding hydrogens is 516 g/mol. The minimum Gasteiger partial charge on any atom is -0.480 e. The summed E-state index contributed by atoms with van der Waals surface area (Å²) in [5, 5.41) is 26.0. The molecule has 36 heavy (non-hydrogen) atoms. The van der Waals surface area contributed by atoms with Crippen LogP contribution in [0.1, 0.15) is 12.1 Å². The van der Waals surface area contributed by atoms with Crippen molar-refractivity contribution in [3.8, 4) is 0 Å². The number of oxime groups is 1. The number of likely N-dealkylation sites (tertiary alicyclic amines) is 1. The number of nitrogen functional groups attached to an aromatic ring is 1. The van der Waals surface area contributed by atoms with E-state index < -0.39 is 47.6 Å². The molecule has 0 bridgehead atoms. The highest BCUT2D eigenvalue weighted by Crippen LogP contribution is 2.41. The number of anilines is 1. The number of allylic oxidation sites excluding steroid dienone is 1. The predicted molar refractivity (Wildman–Crippen MR) is 127 cm³/mol. The van der Waals surface area contributed by atoms with Crippen LogP contribution in [0.5, 0.6) is 0 Å². The monoisotopic (exact) mass is 536 g/mol. The Hall–Kier alpha value is -3.92. The Bertz CT molecular complexity index is 1250. The topological polar surface area (TPSA) is 205 Å². The van der Waals surface area contributed by atoms with Crippen LogP contribution in [0.3, 0.4) is 0 Å². The molecule has 1 aromatic rings. The number of aromatic nitrogens is 1. The minimum absolute atomic E-state index is 0.153. The smallest absolute Gasteiger partial charge is 0.352 e. The Morgan fingerprint density at radius 3 is 2.72 bits per heavy atom. The van der Waals surface area contributed by atoms with E-state index >= 15 is 0 Å². The van der Waals surface area contributed by atoms with Gasteiger partial charge in [0.1, 0.15) is 36.5 Å². The SMILES string of the molecule is CON=C(C(=O)N[C@@H]1C(=O)N2C(C(=O)O)=C(C=C3CCN(CC(=O)O)C3=O)CS[C@H]12)c1csc(N)n1. The maximum atomic E-state index is 12.9. The van der Waals surface area contributed by atoms with Crippen LogP contribution in [-0.4, -0.2) is 97.7 Å². The Balaban J connectivity index is 1.53. The fourth-order valence-electron chi connectivity index (χ4n) is 3.98. The second-order valence-corrected chi connectivity index (χ2v) is 9.77. The zero-order chi connectivity index (χ0) is 26.1. The van der Waals surface area contributed by atoms with Crippen LogP contribution in [0.2, 0.25) is 0 Å². The average Bonchev–Trinajstić information content (AvgIpc) is 3.40. The lowest BCUT2D eigenvalue weighted by molar-refractivity contribution is -0.150. The van der Waals surface area contributed by atoms with Crippen molar-refractivity contribution in [2.24, 2.45) is 5.16 Å². The number of hydrogen-bond donors (Lipinski definition) is 4. The lowest BCUT2D eigenvalue weighted by Gasteiger charge is -2.49. The molecule has 1 aromatic heterocycles. The molecule has 0 unspecified atom stereocenters. The Labute approximate surface area is 211 Å². The molecule has 0 saturated carbocycles. The van der Waals surface area contributed by atoms with E-state index in [1.54, 1.807) is 0 Å². The number of aliphatic carboxylic acids is 2. The number of fused-ring (bicyclic) bond motifs is 1. The zero-order valence-corrected chi connectivity index (χ0v) is 20.3. The Morgan fingerprint density at radius 1 is 1.36 bits per heavy atom. The van der Waals surface area contributed by atoms with Gasteiger partial charge in [-0.05, 0) is 18.1 Å². The van der Waals surface area contributed by atoms with Crippen LogP contribution in [0.4, 0.5) is 5.13 Å². The number of carboxylic acids is 2. The molecule has 0 aliphatic carbocycles. The standard InChI is InChI=1S/C20H20N6O8S2/c1-34-24-12(10-7-36-20(21)22-10)15(29)23-13-17(31)26-14(19(32)33)9(6-35-18(13)26)4-8-2-3-25(16(8)30)5-11(27)28/h4,7,13,18H,2-3,5-6H2,1H3,(H2,21,22)(H,23,29)(H,27,28)(H,32,33)/t13-,18-/m1/s1. The molecule has 2 atom stereocenters. The van der Waals surface area contributed by atoms with E-state index in [-0.39, 0.29) is 52.1 Å². The normalized spacial score (nSPS) is 23.0. The van der Waals surface area contributed by atoms with Crippen LogP contribution >= 0.6 is 23.1 Å². The van der Waals surface area contributed by atoms with Crippen molar-refractivity contribution < 1.29 is 39.0 Å². The van der Waals surface area contributed by atoms with Gasteiger partial charge in [0, 0.05) is 23.3 Å². The highest BCUT2D eigenvalue weighted by atomic mass is 32.2. The van der Waals surface area contributed by atoms with Gasteiger partial charge in [-0.2, -0.15) is 0 Å². The number of carbonyl (C=O) groups excluding carboxylic acids is 3. The molecule has 3 aliphatic heterocycles. The molecule has 16 heteroatoms. The zero-order valence-electron chi connectivity index (χ0n) is 18.7. The van der Waals surface area contributed by atoms with Crippen LogP contribution in [0, 0.1) is 0 Å². The maximum Gasteiger partial charge on any atom is 0.352 e. The number of thiazole rings is 1. The molecule has 3 amide bonds. The first-order chi connectivity index (χ1) is 17.1. The van der Waals surface area contributed by atoms with Crippen LogP contribution in [-0.2, 0) is 28.8 Å². The van der Waals surface area contributed by atoms with Crippen LogP contribution < -0.4 is 11.1 Å². The second-order valence-electron chi connectivity index (χ2n) is 7.77. The van der Waals surface area contributed by atoms with Crippen LogP contribution in [0.25, 0.3) is 0 Å². The van der Waals surface area contributed by atoms with E-state index in [0.29, 0.717) is 0 Å². The van der Waals surface area contributed by atoms with Gasteiger partial charge in [0.15, 0.2) is 10.8 Å². The quantitative estimate of drug-likeness (QED) is 0.138. The fourth-order valence-corrected chi connectivity index (χ4v) is 5.83. The maximum absolute atomic E-state index is 12.9. The molecule has 190 valence electrons. The van der Waals surface area contributed by atoms with E-state index in [1.165, 1.54) is 30.3 Å². The number of nitrogens with two attached hydrogens (primary N) is 1. The molecule has 0 radical (unpaired) electrons. The van der Waals surface area contributed by atoms with Crippen molar-refractivity contribution in [2.45, 2.75) is 17.8 Å². The molecule has 0 aromatic carbocycles. The van der Waals surface area contributed by atoms with Crippen molar-refractivity contribution in [3.63, 3.8) is 0 Å². The number of nitrogens with one attached hydrogen (secondary N) is 1. The minimum atomic E-state index is -1.36. The van der Waals surface area contributed by atoms with Crippen molar-refractivity contribution in [1.29, 1.82) is 0 Å². The van der Waals surface area contributed by atoms with Crippen LogP contribution in [0.15, 0.2) is 33.5 Å². The van der Waals surface area contributed by atoms with Gasteiger partial charge in [-0.25, -0.2) is 9.78 Å². The molecule has 0 spiro atoms. The van der Waals surface area contributed by atoms with Crippen molar-refractivity contribution >= 4 is 63.6 Å². The van der Waals surface area contributed by atoms with Gasteiger partial charge in [0.25, 0.3) is 11.8 Å². The summed E-state index contributed by atoms with van der Waals surface area (Å²) in [6.07, 6.45) is 1.66. The number of amides is 3. The van der Waals surface area contributed by atoms with Gasteiger partial charge in [-0.3, -0.25) is 24.1 Å². The van der Waals surface area contributed by atoms with Gasteiger partial charge < -0.3 is 31.0 Å². The molecule has 3 aliphatic rings. The molecule has 2 fully saturated rings. The van der Waals surface area contributed by atoms with Crippen molar-refractivity contribution in [3.05, 3.63) is 34.0 Å². The number of thioether (sulfide) groups is 1. The summed E-state index contributed by atoms with van der Waals surface area (Å²) < 4.78 is 0. The lowest BCUT2D eigenvalue weighted by Crippen LogP contribution is -2.71. The first kappa shape index (κ1) is 25.2. The molecular formula is C20H20N6O8S2. The average molecular weight is 537 g/mol. The summed E-state index contributed by atoms with van der Waals surface area (Å²) in [4.78, 5) is 72.1.